The average molecular weight is 1130 g/mol. The summed E-state index contributed by atoms with van der Waals surface area (Å²) in [6.07, 6.45) is -4.32. The minimum Gasteiger partial charge on any atom is -0.485 e. The molecule has 430 valence electrons. The third-order valence-corrected chi connectivity index (χ3v) is 15.7. The Morgan fingerprint density at radius 2 is 0.847 bits per heavy atom. The van der Waals surface area contributed by atoms with Gasteiger partial charge in [0.25, 0.3) is 0 Å². The van der Waals surface area contributed by atoms with E-state index in [1.165, 1.54) is 0 Å². The molecule has 0 radical (unpaired) electrons. The molecule has 10 aromatic carbocycles. The van der Waals surface area contributed by atoms with Crippen molar-refractivity contribution in [2.24, 2.45) is 0 Å². The molecule has 1 unspecified atom stereocenters. The molecule has 10 aromatic rings. The highest BCUT2D eigenvalue weighted by molar-refractivity contribution is 5.51. The van der Waals surface area contributed by atoms with Crippen LogP contribution in [0.25, 0.3) is 0 Å². The largest absolute Gasteiger partial charge is 0.485 e. The molecule has 0 saturated carbocycles. The molecule has 1 fully saturated rings. The van der Waals surface area contributed by atoms with Crippen LogP contribution >= 0.6 is 0 Å². The van der Waals surface area contributed by atoms with E-state index in [-0.39, 0.29) is 33.0 Å². The lowest BCUT2D eigenvalue weighted by atomic mass is 9.77. The van der Waals surface area contributed by atoms with E-state index in [0.29, 0.717) is 30.2 Å². The van der Waals surface area contributed by atoms with Crippen molar-refractivity contribution in [2.75, 3.05) is 13.2 Å². The Bertz CT molecular complexity index is 3450. The van der Waals surface area contributed by atoms with Crippen molar-refractivity contribution in [3.05, 3.63) is 346 Å². The van der Waals surface area contributed by atoms with E-state index in [4.69, 9.17) is 33.2 Å². The number of hydrogen-bond acceptors (Lipinski definition) is 9. The van der Waals surface area contributed by atoms with Crippen LogP contribution in [-0.2, 0) is 68.7 Å². The second-order valence-electron chi connectivity index (χ2n) is 21.5. The molecule has 11 rings (SSSR count). The molecule has 0 amide bonds. The Morgan fingerprint density at radius 3 is 1.32 bits per heavy atom. The minimum absolute atomic E-state index is 0.153. The Hall–Kier alpha value is -8.48. The maximum absolute atomic E-state index is 12.5. The number of benzene rings is 10. The molecule has 1 aliphatic rings. The molecule has 0 aliphatic carbocycles. The second kappa shape index (κ2) is 29.4. The van der Waals surface area contributed by atoms with Crippen LogP contribution in [-0.4, -0.2) is 49.0 Å². The summed E-state index contributed by atoms with van der Waals surface area (Å²) in [7, 11) is 0. The van der Waals surface area contributed by atoms with Gasteiger partial charge in [0, 0.05) is 6.54 Å². The van der Waals surface area contributed by atoms with Crippen LogP contribution in [0.2, 0.25) is 0 Å². The van der Waals surface area contributed by atoms with Crippen LogP contribution in [0.3, 0.4) is 0 Å². The lowest BCUT2D eigenvalue weighted by Gasteiger charge is -2.45. The van der Waals surface area contributed by atoms with Gasteiger partial charge in [0.05, 0.1) is 38.6 Å². The summed E-state index contributed by atoms with van der Waals surface area (Å²) in [5.74, 6) is 0.842. The van der Waals surface area contributed by atoms with Crippen molar-refractivity contribution in [1.29, 1.82) is 0 Å². The van der Waals surface area contributed by atoms with Crippen molar-refractivity contribution in [1.82, 2.24) is 5.32 Å². The lowest BCUT2D eigenvalue weighted by molar-refractivity contribution is -0.310. The predicted molar refractivity (Wildman–Crippen MR) is 334 cm³/mol. The first kappa shape index (κ1) is 58.3. The molecule has 85 heavy (non-hydrogen) atoms. The van der Waals surface area contributed by atoms with E-state index < -0.39 is 42.3 Å². The first-order chi connectivity index (χ1) is 42.0. The number of hydrogen-bond donors (Lipinski definition) is 2. The number of ether oxygens (including phenoxy) is 7. The molecular formula is C76H73NO8. The van der Waals surface area contributed by atoms with E-state index >= 15 is 0 Å². The number of rotatable bonds is 27. The average Bonchev–Trinajstić information content (AvgIpc) is 3.76. The van der Waals surface area contributed by atoms with E-state index in [2.05, 4.69) is 108 Å². The fourth-order valence-electron chi connectivity index (χ4n) is 11.2. The predicted octanol–water partition coefficient (Wildman–Crippen LogP) is 14.9. The summed E-state index contributed by atoms with van der Waals surface area (Å²) in [4.78, 5) is 0. The molecule has 0 aromatic heterocycles. The number of aryl methyl sites for hydroxylation is 1. The van der Waals surface area contributed by atoms with Crippen molar-refractivity contribution in [3.8, 4) is 11.5 Å². The van der Waals surface area contributed by atoms with Gasteiger partial charge in [-0.25, -0.2) is 0 Å². The molecule has 0 spiro atoms. The second-order valence-corrected chi connectivity index (χ2v) is 21.5. The van der Waals surface area contributed by atoms with Gasteiger partial charge < -0.3 is 38.3 Å². The maximum atomic E-state index is 12.5. The molecule has 2 N–H and O–H groups in total. The van der Waals surface area contributed by atoms with Crippen LogP contribution in [0.4, 0.5) is 0 Å². The fraction of sp³-hybridized carbons (Fsp3) is 0.211. The lowest BCUT2D eigenvalue weighted by Crippen LogP contribution is -2.62. The third-order valence-electron chi connectivity index (χ3n) is 15.7. The van der Waals surface area contributed by atoms with E-state index in [9.17, 15) is 5.11 Å². The zero-order chi connectivity index (χ0) is 57.9. The number of aliphatic hydroxyl groups excluding tert-OH is 1. The highest BCUT2D eigenvalue weighted by atomic mass is 16.7. The maximum Gasteiger partial charge on any atom is 0.229 e. The van der Waals surface area contributed by atoms with Gasteiger partial charge >= 0.3 is 0 Å². The van der Waals surface area contributed by atoms with Crippen molar-refractivity contribution in [2.45, 2.75) is 88.7 Å². The monoisotopic (exact) mass is 1130 g/mol. The summed E-state index contributed by atoms with van der Waals surface area (Å²) < 4.78 is 48.7. The Morgan fingerprint density at radius 1 is 0.435 bits per heavy atom. The van der Waals surface area contributed by atoms with Crippen molar-refractivity contribution >= 4 is 0 Å². The normalized spacial score (nSPS) is 17.2. The molecule has 6 atom stereocenters. The molecule has 1 aliphatic heterocycles. The Kier molecular flexibility index (Phi) is 20.1. The molecule has 0 bridgehead atoms. The highest BCUT2D eigenvalue weighted by Gasteiger charge is 2.50. The Labute approximate surface area is 500 Å². The van der Waals surface area contributed by atoms with Gasteiger partial charge in [-0.2, -0.15) is 0 Å². The topological polar surface area (TPSA) is 96.9 Å². The smallest absolute Gasteiger partial charge is 0.229 e. The van der Waals surface area contributed by atoms with Crippen LogP contribution in [0, 0.1) is 6.92 Å². The number of nitrogens with one attached hydrogen (secondary N) is 1. The summed E-state index contributed by atoms with van der Waals surface area (Å²) >= 11 is 0. The van der Waals surface area contributed by atoms with Crippen molar-refractivity contribution < 1.29 is 38.3 Å². The van der Waals surface area contributed by atoms with Crippen LogP contribution in [0.15, 0.2) is 279 Å². The molecule has 1 heterocycles. The zero-order valence-electron chi connectivity index (χ0n) is 48.0. The summed E-state index contributed by atoms with van der Waals surface area (Å²) in [6.45, 7) is 4.24. The molecule has 1 saturated heterocycles. The van der Waals surface area contributed by atoms with E-state index in [1.807, 2.05) is 183 Å². The van der Waals surface area contributed by atoms with Crippen LogP contribution in [0.5, 0.6) is 11.5 Å². The molecular weight excluding hydrogens is 1050 g/mol. The van der Waals surface area contributed by atoms with Gasteiger partial charge in [0.15, 0.2) is 11.5 Å². The summed E-state index contributed by atoms with van der Waals surface area (Å²) in [6, 6.07) is 94.3. The van der Waals surface area contributed by atoms with Crippen LogP contribution in [0.1, 0.15) is 72.9 Å². The zero-order valence-corrected chi connectivity index (χ0v) is 48.0. The van der Waals surface area contributed by atoms with Crippen molar-refractivity contribution in [3.63, 3.8) is 0 Å². The molecule has 9 nitrogen and oxygen atoms in total. The van der Waals surface area contributed by atoms with E-state index in [1.54, 1.807) is 0 Å². The standard InChI is InChI=1S/C76H73NO8/c1-56-48-68(80-51-59-28-12-3-13-29-59)69(49-67(56)71(78)63-44-42-57(43-45-63)46-47-77-76(64-36-20-7-21-37-64,65-38-22-8-23-39-65)66-40-24-9-25-41-66)84-75-74(83-54-62-34-18-6-19-35-62)73(82-53-61-32-16-5-17-33-61)72(81-52-60-30-14-4-15-31-60)70(85-75)55-79-50-58-26-10-2-11-27-58/h2-45,48-49,70-75,77-78H,46-47,50-55H2,1H3/t70-,71?,72-,73+,74-,75+/m1/s1. The summed E-state index contributed by atoms with van der Waals surface area (Å²) in [5, 5.41) is 16.6. The first-order valence-electron chi connectivity index (χ1n) is 29.4. The third kappa shape index (κ3) is 15.1. The van der Waals surface area contributed by atoms with Gasteiger partial charge in [0.2, 0.25) is 6.29 Å². The van der Waals surface area contributed by atoms with Gasteiger partial charge in [0.1, 0.15) is 37.1 Å². The first-order valence-corrected chi connectivity index (χ1v) is 29.4. The quantitative estimate of drug-likeness (QED) is 0.0488. The Balaban J connectivity index is 0.913. The fourth-order valence-corrected chi connectivity index (χ4v) is 11.2. The van der Waals surface area contributed by atoms with Gasteiger partial charge in [-0.15, -0.1) is 0 Å². The van der Waals surface area contributed by atoms with Gasteiger partial charge in [-0.3, -0.25) is 5.32 Å². The number of aliphatic hydroxyl groups is 1. The molecule has 9 heteroatoms. The van der Waals surface area contributed by atoms with E-state index in [0.717, 1.165) is 67.6 Å². The van der Waals surface area contributed by atoms with Gasteiger partial charge in [-0.05, 0) is 92.2 Å². The van der Waals surface area contributed by atoms with Gasteiger partial charge in [-0.1, -0.05) is 267 Å². The SMILES string of the molecule is Cc1cc(OCc2ccccc2)c(O[C@H]2O[C@H](COCc3ccccc3)[C@@H](OCc3ccccc3)[C@H](OCc3ccccc3)[C@H]2OCc2ccccc2)cc1C(O)c1ccc(CCNC(c2ccccc2)(c2ccccc2)c2ccccc2)cc1. The summed E-state index contributed by atoms with van der Waals surface area (Å²) in [5.41, 5.74) is 11.2. The minimum atomic E-state index is -1.09. The van der Waals surface area contributed by atoms with Crippen LogP contribution < -0.4 is 14.8 Å². The highest BCUT2D eigenvalue weighted by Crippen LogP contribution is 2.41.